The van der Waals surface area contributed by atoms with Gasteiger partial charge in [-0.1, -0.05) is 25.7 Å². The Morgan fingerprint density at radius 3 is 2.57 bits per heavy atom. The maximum absolute atomic E-state index is 12.6. The van der Waals surface area contributed by atoms with E-state index in [1.54, 1.807) is 29.0 Å². The summed E-state index contributed by atoms with van der Waals surface area (Å²) in [7, 11) is 2.39. The zero-order valence-corrected chi connectivity index (χ0v) is 28.0. The number of nitrogens with zero attached hydrogens (tertiary/aromatic N) is 7. The van der Waals surface area contributed by atoms with E-state index in [0.717, 1.165) is 28.2 Å². The van der Waals surface area contributed by atoms with Gasteiger partial charge in [-0.3, -0.25) is 9.67 Å². The van der Waals surface area contributed by atoms with E-state index < -0.39 is 13.7 Å². The van der Waals surface area contributed by atoms with Crippen LogP contribution >= 0.6 is 0 Å². The third-order valence-electron chi connectivity index (χ3n) is 7.42. The molecule has 1 aliphatic carbocycles. The van der Waals surface area contributed by atoms with Crippen LogP contribution in [0.1, 0.15) is 33.6 Å². The molecule has 4 heterocycles. The van der Waals surface area contributed by atoms with Crippen LogP contribution in [0, 0.1) is 0 Å². The van der Waals surface area contributed by atoms with Gasteiger partial charge in [0.1, 0.15) is 18.4 Å². The Balaban J connectivity index is 1.47. The van der Waals surface area contributed by atoms with Crippen molar-refractivity contribution in [1.82, 2.24) is 34.2 Å². The fourth-order valence-electron chi connectivity index (χ4n) is 4.88. The molecule has 4 aromatic rings. The van der Waals surface area contributed by atoms with Crippen molar-refractivity contribution >= 4 is 36.8 Å². The summed E-state index contributed by atoms with van der Waals surface area (Å²) in [6.07, 6.45) is 10.0. The van der Waals surface area contributed by atoms with Gasteiger partial charge in [0.15, 0.2) is 5.65 Å². The molecular weight excluding hydrogens is 576 g/mol. The van der Waals surface area contributed by atoms with Gasteiger partial charge in [-0.25, -0.2) is 4.79 Å². The molecule has 1 amide bonds. The highest BCUT2D eigenvalue weighted by Gasteiger charge is 2.38. The largest absolute Gasteiger partial charge is 0.474 e. The molecule has 236 valence electrons. The quantitative estimate of drug-likeness (QED) is 0.158. The molecule has 0 saturated heterocycles. The van der Waals surface area contributed by atoms with Gasteiger partial charge in [-0.05, 0) is 32.9 Å². The van der Waals surface area contributed by atoms with Crippen molar-refractivity contribution in [2.45, 2.75) is 83.8 Å². The molecule has 0 aliphatic heterocycles. The number of pyridine rings is 1. The lowest BCUT2D eigenvalue weighted by Crippen LogP contribution is -2.51. The molecule has 0 bridgehead atoms. The van der Waals surface area contributed by atoms with E-state index in [9.17, 15) is 4.79 Å². The van der Waals surface area contributed by atoms with Crippen molar-refractivity contribution in [2.24, 2.45) is 7.05 Å². The minimum absolute atomic E-state index is 0.0160. The first-order valence-corrected chi connectivity index (χ1v) is 18.7. The summed E-state index contributed by atoms with van der Waals surface area (Å²) >= 11 is 0. The molecule has 5 rings (SSSR count). The molecule has 0 aromatic carbocycles. The van der Waals surface area contributed by atoms with Crippen LogP contribution in [0.3, 0.4) is 0 Å². The van der Waals surface area contributed by atoms with Crippen LogP contribution in [-0.4, -0.2) is 79.8 Å². The van der Waals surface area contributed by atoms with Crippen molar-refractivity contribution in [3.8, 4) is 17.0 Å². The third kappa shape index (κ3) is 7.75. The van der Waals surface area contributed by atoms with Crippen molar-refractivity contribution in [2.75, 3.05) is 19.0 Å². The molecule has 44 heavy (non-hydrogen) atoms. The lowest BCUT2D eigenvalue weighted by molar-refractivity contribution is -0.00927. The summed E-state index contributed by atoms with van der Waals surface area (Å²) in [5.74, 6) is 0.853. The fourth-order valence-corrected chi connectivity index (χ4v) is 5.64. The highest BCUT2D eigenvalue weighted by Crippen LogP contribution is 2.39. The minimum Gasteiger partial charge on any atom is -0.474 e. The van der Waals surface area contributed by atoms with Gasteiger partial charge >= 0.3 is 6.09 Å². The van der Waals surface area contributed by atoms with E-state index >= 15 is 0 Å². The summed E-state index contributed by atoms with van der Waals surface area (Å²) in [6, 6.07) is 5.01. The van der Waals surface area contributed by atoms with E-state index in [-0.39, 0.29) is 18.2 Å². The Morgan fingerprint density at radius 1 is 1.16 bits per heavy atom. The van der Waals surface area contributed by atoms with Gasteiger partial charge in [0.05, 0.1) is 17.3 Å². The number of amides is 1. The van der Waals surface area contributed by atoms with Crippen LogP contribution in [0.15, 0.2) is 43.1 Å². The summed E-state index contributed by atoms with van der Waals surface area (Å²) in [5, 5.41) is 8.32. The molecule has 4 aromatic heterocycles. The Bertz CT molecular complexity index is 1590. The average molecular weight is 621 g/mol. The van der Waals surface area contributed by atoms with Crippen LogP contribution in [0.4, 0.5) is 16.4 Å². The van der Waals surface area contributed by atoms with E-state index in [0.29, 0.717) is 43.7 Å². The Morgan fingerprint density at radius 2 is 1.93 bits per heavy atom. The third-order valence-corrected chi connectivity index (χ3v) is 9.12. The van der Waals surface area contributed by atoms with Gasteiger partial charge in [0.25, 0.3) is 0 Å². The van der Waals surface area contributed by atoms with Crippen molar-refractivity contribution in [3.05, 3.63) is 43.1 Å². The van der Waals surface area contributed by atoms with Crippen LogP contribution in [0.5, 0.6) is 5.88 Å². The first kappa shape index (κ1) is 31.5. The maximum atomic E-state index is 12.6. The zero-order chi connectivity index (χ0) is 31.6. The Kier molecular flexibility index (Phi) is 8.98. The molecular formula is C31H44N8O4Si. The summed E-state index contributed by atoms with van der Waals surface area (Å²) < 4.78 is 22.0. The molecule has 0 radical (unpaired) electrons. The van der Waals surface area contributed by atoms with E-state index in [2.05, 4.69) is 35.0 Å². The van der Waals surface area contributed by atoms with Gasteiger partial charge in [-0.2, -0.15) is 15.1 Å². The van der Waals surface area contributed by atoms with E-state index in [4.69, 9.17) is 24.2 Å². The smallest absolute Gasteiger partial charge is 0.410 e. The number of carbonyl (C=O) groups excluding carboxylic acids is 1. The molecule has 1 aliphatic rings. The number of nitrogens with one attached hydrogen (secondary N) is 1. The first-order valence-electron chi connectivity index (χ1n) is 15.0. The highest BCUT2D eigenvalue weighted by atomic mass is 28.3. The first-order chi connectivity index (χ1) is 20.8. The standard InChI is InChI=1S/C31H44N8O4Si/c1-31(2,3)43-30(40)38(5)23-14-24(15-23)42-28-26-25(21-10-9-11-32-16-21)19-39(20-41-12-13-44(6,7)8)27(26)35-29(36-28)34-22-17-33-37(4)18-22/h9-11,16-19,23-24H,12-15,20H2,1-8H3,(H,34,35,36)/t23-,24-. The second-order valence-electron chi connectivity index (χ2n) is 13.6. The Hall–Kier alpha value is -3.97. The molecule has 13 heteroatoms. The van der Waals surface area contributed by atoms with Gasteiger partial charge in [-0.15, -0.1) is 0 Å². The number of aromatic nitrogens is 6. The van der Waals surface area contributed by atoms with Crippen molar-refractivity contribution in [1.29, 1.82) is 0 Å². The molecule has 0 spiro atoms. The monoisotopic (exact) mass is 620 g/mol. The second kappa shape index (κ2) is 12.6. The molecule has 12 nitrogen and oxygen atoms in total. The zero-order valence-electron chi connectivity index (χ0n) is 27.0. The number of rotatable bonds is 11. The van der Waals surface area contributed by atoms with Crippen LogP contribution in [-0.2, 0) is 23.3 Å². The molecule has 0 atom stereocenters. The number of hydrogen-bond donors (Lipinski definition) is 1. The molecule has 1 fully saturated rings. The average Bonchev–Trinajstić information content (AvgIpc) is 3.50. The van der Waals surface area contributed by atoms with Crippen LogP contribution < -0.4 is 10.1 Å². The van der Waals surface area contributed by atoms with Crippen LogP contribution in [0.25, 0.3) is 22.2 Å². The number of carbonyl (C=O) groups is 1. The number of hydrogen-bond acceptors (Lipinski definition) is 9. The predicted molar refractivity (Wildman–Crippen MR) is 173 cm³/mol. The lowest BCUT2D eigenvalue weighted by Gasteiger charge is -2.40. The van der Waals surface area contributed by atoms with Crippen molar-refractivity contribution in [3.63, 3.8) is 0 Å². The van der Waals surface area contributed by atoms with Crippen molar-refractivity contribution < 1.29 is 19.0 Å². The molecule has 0 unspecified atom stereocenters. The normalized spacial score (nSPS) is 16.9. The summed E-state index contributed by atoms with van der Waals surface area (Å²) in [6.45, 7) is 13.6. The highest BCUT2D eigenvalue weighted by molar-refractivity contribution is 6.76. The topological polar surface area (TPSA) is 121 Å². The fraction of sp³-hybridized carbons (Fsp3) is 0.516. The number of fused-ring (bicyclic) bond motifs is 1. The summed E-state index contributed by atoms with van der Waals surface area (Å²) in [4.78, 5) is 28.4. The van der Waals surface area contributed by atoms with Gasteiger partial charge < -0.3 is 29.0 Å². The minimum atomic E-state index is -1.24. The predicted octanol–water partition coefficient (Wildman–Crippen LogP) is 6.06. The molecule has 1 saturated carbocycles. The summed E-state index contributed by atoms with van der Waals surface area (Å²) in [5.41, 5.74) is 2.73. The number of anilines is 2. The number of ether oxygens (including phenoxy) is 3. The van der Waals surface area contributed by atoms with Crippen LogP contribution in [0.2, 0.25) is 25.7 Å². The Labute approximate surface area is 259 Å². The van der Waals surface area contributed by atoms with Gasteiger partial charge in [0.2, 0.25) is 11.8 Å². The lowest BCUT2D eigenvalue weighted by atomic mass is 9.88. The maximum Gasteiger partial charge on any atom is 0.410 e. The molecule has 1 N–H and O–H groups in total. The van der Waals surface area contributed by atoms with Gasteiger partial charge in [0, 0.05) is 83.6 Å². The number of aryl methyl sites for hydroxylation is 1. The SMILES string of the molecule is Cn1cc(Nc2nc(O[C@H]3C[C@H](N(C)C(=O)OC(C)(C)C)C3)c3c(-c4cccnc4)cn(COCC[Si](C)(C)C)c3n2)cn1. The van der Waals surface area contributed by atoms with E-state index in [1.165, 1.54) is 0 Å². The second-order valence-corrected chi connectivity index (χ2v) is 19.3. The van der Waals surface area contributed by atoms with E-state index in [1.807, 2.05) is 63.1 Å².